The standard InChI is InChI=1S/C9H11N3O/c1-7-4-2-3-5-8(7)9(6-13)11-12-10/h2-5,9,13H,6H2,1H3. The quantitative estimate of drug-likeness (QED) is 0.429. The fourth-order valence-corrected chi connectivity index (χ4v) is 1.22. The van der Waals surface area contributed by atoms with E-state index in [1.165, 1.54) is 0 Å². The lowest BCUT2D eigenvalue weighted by Crippen LogP contribution is -2.01. The molecule has 0 heterocycles. The first-order valence-electron chi connectivity index (χ1n) is 4.00. The molecule has 1 unspecified atom stereocenters. The average Bonchev–Trinajstić information content (AvgIpc) is 2.16. The second-order valence-corrected chi connectivity index (χ2v) is 2.76. The summed E-state index contributed by atoms with van der Waals surface area (Å²) < 4.78 is 0. The summed E-state index contributed by atoms with van der Waals surface area (Å²) in [5.41, 5.74) is 10.2. The van der Waals surface area contributed by atoms with Crippen LogP contribution < -0.4 is 0 Å². The van der Waals surface area contributed by atoms with E-state index in [-0.39, 0.29) is 6.61 Å². The summed E-state index contributed by atoms with van der Waals surface area (Å²) in [6.45, 7) is 1.76. The van der Waals surface area contributed by atoms with Gasteiger partial charge in [0.05, 0.1) is 12.6 Å². The molecule has 4 heteroatoms. The van der Waals surface area contributed by atoms with E-state index in [9.17, 15) is 0 Å². The molecule has 0 aliphatic heterocycles. The van der Waals surface area contributed by atoms with Crippen LogP contribution in [0.15, 0.2) is 29.4 Å². The van der Waals surface area contributed by atoms with Gasteiger partial charge in [0.1, 0.15) is 0 Å². The number of hydrogen-bond acceptors (Lipinski definition) is 2. The number of nitrogens with zero attached hydrogens (tertiary/aromatic N) is 3. The number of aliphatic hydroxyl groups excluding tert-OH is 1. The molecule has 13 heavy (non-hydrogen) atoms. The van der Waals surface area contributed by atoms with Crippen molar-refractivity contribution in [2.24, 2.45) is 5.11 Å². The van der Waals surface area contributed by atoms with Crippen molar-refractivity contribution in [1.29, 1.82) is 0 Å². The maximum Gasteiger partial charge on any atom is 0.0858 e. The van der Waals surface area contributed by atoms with E-state index in [1.54, 1.807) is 0 Å². The average molecular weight is 177 g/mol. The first-order chi connectivity index (χ1) is 6.29. The SMILES string of the molecule is Cc1ccccc1C(CO)N=[N+]=[N-]. The van der Waals surface area contributed by atoms with Crippen LogP contribution in [0.3, 0.4) is 0 Å². The predicted molar refractivity (Wildman–Crippen MR) is 50.2 cm³/mol. The largest absolute Gasteiger partial charge is 0.396 e. The lowest BCUT2D eigenvalue weighted by molar-refractivity contribution is 0.267. The predicted octanol–water partition coefficient (Wildman–Crippen LogP) is 2.34. The van der Waals surface area contributed by atoms with Crippen molar-refractivity contribution in [3.63, 3.8) is 0 Å². The molecule has 0 aromatic heterocycles. The summed E-state index contributed by atoms with van der Waals surface area (Å²) in [6, 6.07) is 7.07. The van der Waals surface area contributed by atoms with E-state index < -0.39 is 6.04 Å². The van der Waals surface area contributed by atoms with Crippen molar-refractivity contribution < 1.29 is 5.11 Å². The Hall–Kier alpha value is -1.51. The zero-order valence-corrected chi connectivity index (χ0v) is 7.38. The summed E-state index contributed by atoms with van der Waals surface area (Å²) in [5.74, 6) is 0. The van der Waals surface area contributed by atoms with Gasteiger partial charge in [-0.15, -0.1) is 0 Å². The van der Waals surface area contributed by atoms with Gasteiger partial charge in [-0.25, -0.2) is 0 Å². The van der Waals surface area contributed by atoms with E-state index in [1.807, 2.05) is 31.2 Å². The van der Waals surface area contributed by atoms with E-state index in [4.69, 9.17) is 10.6 Å². The van der Waals surface area contributed by atoms with Crippen LogP contribution in [0.5, 0.6) is 0 Å². The molecule has 1 rings (SSSR count). The fraction of sp³-hybridized carbons (Fsp3) is 0.333. The molecule has 0 amide bonds. The number of rotatable bonds is 3. The minimum Gasteiger partial charge on any atom is -0.396 e. The zero-order chi connectivity index (χ0) is 9.68. The van der Waals surface area contributed by atoms with E-state index in [0.29, 0.717) is 0 Å². The molecular weight excluding hydrogens is 166 g/mol. The monoisotopic (exact) mass is 177 g/mol. The molecule has 0 radical (unpaired) electrons. The van der Waals surface area contributed by atoms with Crippen LogP contribution in [-0.2, 0) is 0 Å². The van der Waals surface area contributed by atoms with Gasteiger partial charge in [-0.1, -0.05) is 29.4 Å². The molecule has 68 valence electrons. The van der Waals surface area contributed by atoms with Crippen molar-refractivity contribution in [2.45, 2.75) is 13.0 Å². The van der Waals surface area contributed by atoms with Gasteiger partial charge in [0.2, 0.25) is 0 Å². The molecule has 0 saturated carbocycles. The molecule has 0 bridgehead atoms. The Kier molecular flexibility index (Phi) is 3.31. The highest BCUT2D eigenvalue weighted by Crippen LogP contribution is 2.20. The second kappa shape index (κ2) is 4.50. The molecule has 0 saturated heterocycles. The number of hydrogen-bond donors (Lipinski definition) is 1. The number of azide groups is 1. The summed E-state index contributed by atoms with van der Waals surface area (Å²) >= 11 is 0. The molecule has 1 aromatic carbocycles. The third-order valence-corrected chi connectivity index (χ3v) is 1.91. The van der Waals surface area contributed by atoms with Gasteiger partial charge in [0, 0.05) is 4.91 Å². The van der Waals surface area contributed by atoms with Gasteiger partial charge in [-0.2, -0.15) is 0 Å². The Bertz CT molecular complexity index is 331. The number of aryl methyl sites for hydroxylation is 1. The van der Waals surface area contributed by atoms with Crippen LogP contribution >= 0.6 is 0 Å². The number of aliphatic hydroxyl groups is 1. The van der Waals surface area contributed by atoms with Crippen LogP contribution in [0.25, 0.3) is 10.4 Å². The van der Waals surface area contributed by atoms with E-state index in [0.717, 1.165) is 11.1 Å². The molecule has 1 aromatic rings. The Morgan fingerprint density at radius 3 is 2.77 bits per heavy atom. The summed E-state index contributed by atoms with van der Waals surface area (Å²) in [4.78, 5) is 2.69. The summed E-state index contributed by atoms with van der Waals surface area (Å²) in [7, 11) is 0. The van der Waals surface area contributed by atoms with E-state index in [2.05, 4.69) is 10.0 Å². The molecule has 0 aliphatic carbocycles. The van der Waals surface area contributed by atoms with Gasteiger partial charge in [0.15, 0.2) is 0 Å². The minimum absolute atomic E-state index is 0.158. The van der Waals surface area contributed by atoms with Crippen LogP contribution in [-0.4, -0.2) is 11.7 Å². The smallest absolute Gasteiger partial charge is 0.0858 e. The molecule has 1 N–H and O–H groups in total. The van der Waals surface area contributed by atoms with Gasteiger partial charge in [-0.3, -0.25) is 0 Å². The summed E-state index contributed by atoms with van der Waals surface area (Å²) in [5, 5.41) is 12.5. The number of benzene rings is 1. The highest BCUT2D eigenvalue weighted by Gasteiger charge is 2.09. The topological polar surface area (TPSA) is 69.0 Å². The van der Waals surface area contributed by atoms with Gasteiger partial charge in [-0.05, 0) is 23.6 Å². The molecule has 1 atom stereocenters. The van der Waals surface area contributed by atoms with Crippen LogP contribution in [0.2, 0.25) is 0 Å². The Labute approximate surface area is 76.5 Å². The summed E-state index contributed by atoms with van der Waals surface area (Å²) in [6.07, 6.45) is 0. The Balaban J connectivity index is 3.04. The maximum absolute atomic E-state index is 8.97. The molecular formula is C9H11N3O. The zero-order valence-electron chi connectivity index (χ0n) is 7.38. The van der Waals surface area contributed by atoms with Crippen LogP contribution in [0.4, 0.5) is 0 Å². The fourth-order valence-electron chi connectivity index (χ4n) is 1.22. The highest BCUT2D eigenvalue weighted by molar-refractivity contribution is 5.28. The second-order valence-electron chi connectivity index (χ2n) is 2.76. The first kappa shape index (κ1) is 9.58. The molecule has 0 aliphatic rings. The van der Waals surface area contributed by atoms with Gasteiger partial charge < -0.3 is 5.11 Å². The van der Waals surface area contributed by atoms with Crippen LogP contribution in [0.1, 0.15) is 17.2 Å². The Morgan fingerprint density at radius 2 is 2.23 bits per heavy atom. The first-order valence-corrected chi connectivity index (χ1v) is 4.00. The molecule has 0 fully saturated rings. The van der Waals surface area contributed by atoms with Gasteiger partial charge in [0.25, 0.3) is 0 Å². The minimum atomic E-state index is -0.466. The normalized spacial score (nSPS) is 11.8. The van der Waals surface area contributed by atoms with Crippen molar-refractivity contribution in [3.05, 3.63) is 45.8 Å². The highest BCUT2D eigenvalue weighted by atomic mass is 16.3. The van der Waals surface area contributed by atoms with Crippen LogP contribution in [0, 0.1) is 6.92 Å². The third kappa shape index (κ3) is 2.21. The maximum atomic E-state index is 8.97. The van der Waals surface area contributed by atoms with Crippen molar-refractivity contribution in [1.82, 2.24) is 0 Å². The van der Waals surface area contributed by atoms with Gasteiger partial charge >= 0.3 is 0 Å². The molecule has 4 nitrogen and oxygen atoms in total. The Morgan fingerprint density at radius 1 is 1.54 bits per heavy atom. The lowest BCUT2D eigenvalue weighted by Gasteiger charge is -2.10. The lowest BCUT2D eigenvalue weighted by atomic mass is 10.0. The molecule has 0 spiro atoms. The van der Waals surface area contributed by atoms with Crippen molar-refractivity contribution in [3.8, 4) is 0 Å². The van der Waals surface area contributed by atoms with Crippen molar-refractivity contribution >= 4 is 0 Å². The van der Waals surface area contributed by atoms with Crippen molar-refractivity contribution in [2.75, 3.05) is 6.61 Å². The third-order valence-electron chi connectivity index (χ3n) is 1.91. The van der Waals surface area contributed by atoms with E-state index >= 15 is 0 Å².